The second-order valence-corrected chi connectivity index (χ2v) is 8.10. The van der Waals surface area contributed by atoms with Crippen molar-refractivity contribution < 1.29 is 23.9 Å². The van der Waals surface area contributed by atoms with E-state index in [4.69, 9.17) is 21.1 Å². The van der Waals surface area contributed by atoms with E-state index in [-0.39, 0.29) is 6.54 Å². The molecule has 0 spiro atoms. The van der Waals surface area contributed by atoms with E-state index in [0.29, 0.717) is 54.7 Å². The molecule has 0 radical (unpaired) electrons. The number of nitrogens with zero attached hydrogens (tertiary/aromatic N) is 1. The number of hydrogen-bond acceptors (Lipinski definition) is 5. The van der Waals surface area contributed by atoms with Crippen LogP contribution >= 0.6 is 11.6 Å². The molecule has 2 aromatic carbocycles. The second-order valence-electron chi connectivity index (χ2n) is 7.67. The van der Waals surface area contributed by atoms with Gasteiger partial charge in [0, 0.05) is 11.6 Å². The van der Waals surface area contributed by atoms with Crippen LogP contribution in [-0.4, -0.2) is 49.0 Å². The number of halogens is 1. The largest absolute Gasteiger partial charge is 0.486 e. The van der Waals surface area contributed by atoms with Gasteiger partial charge in [-0.3, -0.25) is 14.5 Å². The Balaban J connectivity index is 1.35. The van der Waals surface area contributed by atoms with E-state index in [2.05, 4.69) is 10.6 Å². The second kappa shape index (κ2) is 9.08. The van der Waals surface area contributed by atoms with Gasteiger partial charge in [0.15, 0.2) is 11.5 Å². The lowest BCUT2D eigenvalue weighted by atomic mass is 9.87. The van der Waals surface area contributed by atoms with Gasteiger partial charge in [0.05, 0.1) is 0 Å². The van der Waals surface area contributed by atoms with E-state index in [9.17, 15) is 14.4 Å². The number of urea groups is 1. The molecule has 8 nitrogen and oxygen atoms in total. The summed E-state index contributed by atoms with van der Waals surface area (Å²) >= 11 is 5.95. The molecule has 4 rings (SSSR count). The summed E-state index contributed by atoms with van der Waals surface area (Å²) in [6, 6.07) is 11.8. The van der Waals surface area contributed by atoms with Gasteiger partial charge in [-0.05, 0) is 48.2 Å². The molecule has 1 saturated heterocycles. The molecule has 0 bridgehead atoms. The molecule has 1 atom stereocenters. The number of rotatable bonds is 7. The van der Waals surface area contributed by atoms with E-state index < -0.39 is 23.4 Å². The fraction of sp³-hybridized carbons (Fsp3) is 0.348. The normalized spacial score (nSPS) is 19.6. The first-order valence-corrected chi connectivity index (χ1v) is 10.9. The maximum atomic E-state index is 13.1. The van der Waals surface area contributed by atoms with Crippen LogP contribution in [0.5, 0.6) is 11.5 Å². The number of benzene rings is 2. The Morgan fingerprint density at radius 3 is 2.56 bits per heavy atom. The predicted molar refractivity (Wildman–Crippen MR) is 118 cm³/mol. The molecule has 2 aliphatic heterocycles. The molecular weight excluding hydrogens is 434 g/mol. The van der Waals surface area contributed by atoms with Gasteiger partial charge in [0.1, 0.15) is 25.3 Å². The molecule has 4 amide bonds. The Morgan fingerprint density at radius 2 is 1.84 bits per heavy atom. The minimum atomic E-state index is -1.20. The van der Waals surface area contributed by atoms with Crippen molar-refractivity contribution in [3.63, 3.8) is 0 Å². The van der Waals surface area contributed by atoms with Crippen molar-refractivity contribution in [1.29, 1.82) is 0 Å². The lowest BCUT2D eigenvalue weighted by Crippen LogP contribution is -2.45. The van der Waals surface area contributed by atoms with Gasteiger partial charge in [-0.25, -0.2) is 4.79 Å². The minimum absolute atomic E-state index is 0.346. The summed E-state index contributed by atoms with van der Waals surface area (Å²) in [6.45, 7) is 2.86. The van der Waals surface area contributed by atoms with Crippen LogP contribution in [0.15, 0.2) is 42.5 Å². The molecule has 2 heterocycles. The molecule has 32 heavy (non-hydrogen) atoms. The smallest absolute Gasteiger partial charge is 0.325 e. The topological polar surface area (TPSA) is 97.0 Å². The molecule has 0 saturated carbocycles. The van der Waals surface area contributed by atoms with Crippen LogP contribution in [0.3, 0.4) is 0 Å². The number of carbonyl (C=O) groups excluding carboxylic acids is 3. The van der Waals surface area contributed by atoms with Crippen molar-refractivity contribution in [1.82, 2.24) is 15.5 Å². The number of ether oxygens (including phenoxy) is 2. The predicted octanol–water partition coefficient (Wildman–Crippen LogP) is 2.63. The molecule has 2 N–H and O–H groups in total. The molecule has 1 fully saturated rings. The lowest BCUT2D eigenvalue weighted by Gasteiger charge is -2.25. The highest BCUT2D eigenvalue weighted by molar-refractivity contribution is 6.30. The minimum Gasteiger partial charge on any atom is -0.486 e. The Labute approximate surface area is 190 Å². The van der Waals surface area contributed by atoms with Gasteiger partial charge in [-0.1, -0.05) is 36.7 Å². The summed E-state index contributed by atoms with van der Waals surface area (Å²) in [7, 11) is 0. The van der Waals surface area contributed by atoms with Crippen molar-refractivity contribution >= 4 is 29.4 Å². The quantitative estimate of drug-likeness (QED) is 0.623. The molecule has 0 aromatic heterocycles. The first kappa shape index (κ1) is 22.0. The van der Waals surface area contributed by atoms with E-state index in [1.807, 2.05) is 25.1 Å². The van der Waals surface area contributed by atoms with E-state index >= 15 is 0 Å². The van der Waals surface area contributed by atoms with Gasteiger partial charge in [0.25, 0.3) is 5.91 Å². The number of fused-ring (bicyclic) bond motifs is 1. The molecule has 1 unspecified atom stereocenters. The van der Waals surface area contributed by atoms with Crippen molar-refractivity contribution in [3.8, 4) is 11.5 Å². The van der Waals surface area contributed by atoms with Gasteiger partial charge in [-0.2, -0.15) is 0 Å². The Bertz CT molecular complexity index is 1040. The highest BCUT2D eigenvalue weighted by Crippen LogP contribution is 2.33. The Hall–Kier alpha value is -3.26. The molecule has 9 heteroatoms. The van der Waals surface area contributed by atoms with Crippen molar-refractivity contribution in [2.45, 2.75) is 25.3 Å². The molecular formula is C23H24ClN3O5. The third kappa shape index (κ3) is 4.23. The van der Waals surface area contributed by atoms with E-state index in [1.54, 1.807) is 24.3 Å². The maximum absolute atomic E-state index is 13.1. The summed E-state index contributed by atoms with van der Waals surface area (Å²) in [5, 5.41) is 6.06. The number of nitrogens with one attached hydrogen (secondary N) is 2. The summed E-state index contributed by atoms with van der Waals surface area (Å²) in [6.07, 6.45) is 0.924. The first-order chi connectivity index (χ1) is 15.4. The zero-order valence-electron chi connectivity index (χ0n) is 17.7. The van der Waals surface area contributed by atoms with Crippen LogP contribution in [0, 0.1) is 0 Å². The van der Waals surface area contributed by atoms with E-state index in [1.165, 1.54) is 0 Å². The SMILES string of the molecule is CCC1(c2ccc(Cl)cc2)NC(=O)N(CC(=O)NCCc2ccc3c(c2)OCCO3)C1=O. The van der Waals surface area contributed by atoms with Crippen LogP contribution in [0.1, 0.15) is 24.5 Å². The number of hydrogen-bond donors (Lipinski definition) is 2. The third-order valence-electron chi connectivity index (χ3n) is 5.69. The molecule has 2 aliphatic rings. The van der Waals surface area contributed by atoms with Crippen LogP contribution in [-0.2, 0) is 21.5 Å². The number of imide groups is 1. The van der Waals surface area contributed by atoms with Crippen molar-refractivity contribution in [3.05, 3.63) is 58.6 Å². The van der Waals surface area contributed by atoms with Crippen LogP contribution < -0.4 is 20.1 Å². The van der Waals surface area contributed by atoms with Gasteiger partial charge in [0.2, 0.25) is 5.91 Å². The average Bonchev–Trinajstić information content (AvgIpc) is 3.04. The highest BCUT2D eigenvalue weighted by atomic mass is 35.5. The first-order valence-electron chi connectivity index (χ1n) is 10.5. The summed E-state index contributed by atoms with van der Waals surface area (Å²) in [4.78, 5) is 39.1. The van der Waals surface area contributed by atoms with Crippen molar-refractivity contribution in [2.24, 2.45) is 0 Å². The maximum Gasteiger partial charge on any atom is 0.325 e. The Kier molecular flexibility index (Phi) is 6.23. The van der Waals surface area contributed by atoms with Gasteiger partial charge >= 0.3 is 6.03 Å². The fourth-order valence-electron chi connectivity index (χ4n) is 3.93. The highest BCUT2D eigenvalue weighted by Gasteiger charge is 2.51. The standard InChI is InChI=1S/C23H24ClN3O5/c1-2-23(16-4-6-17(24)7-5-16)21(29)27(22(30)26-23)14-20(28)25-10-9-15-3-8-18-19(13-15)32-12-11-31-18/h3-8,13H,2,9-12,14H2,1H3,(H,25,28)(H,26,30). The summed E-state index contributed by atoms with van der Waals surface area (Å²) in [5.74, 6) is 0.545. The zero-order chi connectivity index (χ0) is 22.7. The van der Waals surface area contributed by atoms with Gasteiger partial charge in [-0.15, -0.1) is 0 Å². The lowest BCUT2D eigenvalue weighted by molar-refractivity contribution is -0.135. The van der Waals surface area contributed by atoms with Gasteiger partial charge < -0.3 is 20.1 Å². The molecule has 2 aromatic rings. The fourth-order valence-corrected chi connectivity index (χ4v) is 4.06. The third-order valence-corrected chi connectivity index (χ3v) is 5.94. The van der Waals surface area contributed by atoms with Crippen LogP contribution in [0.25, 0.3) is 0 Å². The average molecular weight is 458 g/mol. The summed E-state index contributed by atoms with van der Waals surface area (Å²) < 4.78 is 11.1. The zero-order valence-corrected chi connectivity index (χ0v) is 18.4. The van der Waals surface area contributed by atoms with E-state index in [0.717, 1.165) is 10.5 Å². The number of amides is 4. The van der Waals surface area contributed by atoms with Crippen LogP contribution in [0.2, 0.25) is 5.02 Å². The number of carbonyl (C=O) groups is 3. The van der Waals surface area contributed by atoms with Crippen LogP contribution in [0.4, 0.5) is 4.79 Å². The molecule has 168 valence electrons. The summed E-state index contributed by atoms with van der Waals surface area (Å²) in [5.41, 5.74) is 0.411. The van der Waals surface area contributed by atoms with Crippen molar-refractivity contribution in [2.75, 3.05) is 26.3 Å². The molecule has 0 aliphatic carbocycles. The Morgan fingerprint density at radius 1 is 1.12 bits per heavy atom. The monoisotopic (exact) mass is 457 g/mol.